The van der Waals surface area contributed by atoms with Gasteiger partial charge in [-0.05, 0) is 24.1 Å². The normalized spacial score (nSPS) is 16.1. The van der Waals surface area contributed by atoms with Gasteiger partial charge in [-0.3, -0.25) is 4.90 Å². The molecule has 4 nitrogen and oxygen atoms in total. The van der Waals surface area contributed by atoms with E-state index in [0.717, 1.165) is 38.2 Å². The summed E-state index contributed by atoms with van der Waals surface area (Å²) < 4.78 is 5.24. The number of hydrogen-bond donors (Lipinski definition) is 2. The lowest BCUT2D eigenvalue weighted by atomic mass is 9.98. The summed E-state index contributed by atoms with van der Waals surface area (Å²) >= 11 is 6.15. The van der Waals surface area contributed by atoms with Gasteiger partial charge in [0.15, 0.2) is 11.5 Å². The molecule has 1 heterocycles. The Bertz CT molecular complexity index is 469. The molecule has 1 fully saturated rings. The summed E-state index contributed by atoms with van der Waals surface area (Å²) in [5.41, 5.74) is 1.13. The minimum Gasteiger partial charge on any atom is -0.503 e. The van der Waals surface area contributed by atoms with Gasteiger partial charge in [-0.25, -0.2) is 0 Å². The summed E-state index contributed by atoms with van der Waals surface area (Å²) in [5.74, 6) is 0.478. The minimum absolute atomic E-state index is 0. The third-order valence-corrected chi connectivity index (χ3v) is 4.37. The number of unbranched alkanes of at least 4 members (excludes halogenated alkanes) is 1. The second-order valence-corrected chi connectivity index (χ2v) is 5.90. The van der Waals surface area contributed by atoms with Crippen molar-refractivity contribution < 1.29 is 9.84 Å². The van der Waals surface area contributed by atoms with Crippen LogP contribution in [0.4, 0.5) is 0 Å². The summed E-state index contributed by atoms with van der Waals surface area (Å²) in [7, 11) is 1.56. The molecular weight excluding hydrogens is 359 g/mol. The van der Waals surface area contributed by atoms with Crippen LogP contribution in [0.5, 0.6) is 11.5 Å². The van der Waals surface area contributed by atoms with Crippen molar-refractivity contribution in [2.24, 2.45) is 0 Å². The van der Waals surface area contributed by atoms with Gasteiger partial charge in [0.1, 0.15) is 0 Å². The standard InChI is InChI=1S/C16H25ClN2O2.2ClH/c1-3-4-5-14(19-8-6-18-7-9-19)12-10-13(17)16(20)15(11-12)21-2;;/h10-11,14,18,20H,3-9H2,1-2H3;2*1H/t14-;;/m1../s1. The largest absolute Gasteiger partial charge is 0.503 e. The zero-order chi connectivity index (χ0) is 15.2. The van der Waals surface area contributed by atoms with Crippen molar-refractivity contribution in [2.45, 2.75) is 32.2 Å². The molecule has 0 radical (unpaired) electrons. The molecule has 1 aliphatic rings. The highest BCUT2D eigenvalue weighted by molar-refractivity contribution is 6.32. The number of benzene rings is 1. The molecule has 23 heavy (non-hydrogen) atoms. The molecule has 0 aromatic heterocycles. The van der Waals surface area contributed by atoms with Crippen molar-refractivity contribution in [1.82, 2.24) is 10.2 Å². The number of aromatic hydroxyl groups is 1. The van der Waals surface area contributed by atoms with E-state index < -0.39 is 0 Å². The van der Waals surface area contributed by atoms with E-state index >= 15 is 0 Å². The van der Waals surface area contributed by atoms with E-state index in [9.17, 15) is 5.11 Å². The second-order valence-electron chi connectivity index (χ2n) is 5.50. The molecule has 0 aliphatic carbocycles. The Morgan fingerprint density at radius 3 is 2.52 bits per heavy atom. The Morgan fingerprint density at radius 1 is 1.30 bits per heavy atom. The first-order valence-corrected chi connectivity index (χ1v) is 8.06. The van der Waals surface area contributed by atoms with Crippen LogP contribution in [-0.4, -0.2) is 43.3 Å². The first-order valence-electron chi connectivity index (χ1n) is 7.68. The number of nitrogens with one attached hydrogen (secondary N) is 1. The summed E-state index contributed by atoms with van der Waals surface area (Å²) in [4.78, 5) is 2.49. The molecular formula is C16H27Cl3N2O2. The fraction of sp³-hybridized carbons (Fsp3) is 0.625. The monoisotopic (exact) mass is 384 g/mol. The lowest BCUT2D eigenvalue weighted by Gasteiger charge is -2.35. The molecule has 134 valence electrons. The first-order chi connectivity index (χ1) is 10.2. The van der Waals surface area contributed by atoms with Crippen LogP contribution in [0, 0.1) is 0 Å². The number of rotatable bonds is 6. The molecule has 2 N–H and O–H groups in total. The lowest BCUT2D eigenvalue weighted by Crippen LogP contribution is -2.45. The maximum atomic E-state index is 9.91. The molecule has 1 aromatic rings. The smallest absolute Gasteiger partial charge is 0.176 e. The van der Waals surface area contributed by atoms with Gasteiger partial charge in [0.05, 0.1) is 12.1 Å². The Morgan fingerprint density at radius 2 is 1.96 bits per heavy atom. The summed E-state index contributed by atoms with van der Waals surface area (Å²) in [6, 6.07) is 4.13. The molecule has 1 aromatic carbocycles. The summed E-state index contributed by atoms with van der Waals surface area (Å²) in [6.07, 6.45) is 3.45. The maximum Gasteiger partial charge on any atom is 0.176 e. The average molecular weight is 386 g/mol. The number of phenolic OH excluding ortho intramolecular Hbond substituents is 1. The van der Waals surface area contributed by atoms with Crippen LogP contribution >= 0.6 is 36.4 Å². The number of nitrogens with zero attached hydrogens (tertiary/aromatic N) is 1. The van der Waals surface area contributed by atoms with E-state index in [1.807, 2.05) is 12.1 Å². The van der Waals surface area contributed by atoms with Gasteiger partial charge in [-0.15, -0.1) is 24.8 Å². The SMILES string of the molecule is CCCC[C@H](c1cc(Cl)c(O)c(OC)c1)N1CCNCC1.Cl.Cl. The molecule has 2 rings (SSSR count). The van der Waals surface area contributed by atoms with Crippen LogP contribution in [0.25, 0.3) is 0 Å². The van der Waals surface area contributed by atoms with Crippen LogP contribution in [0.3, 0.4) is 0 Å². The topological polar surface area (TPSA) is 44.7 Å². The number of ether oxygens (including phenoxy) is 1. The van der Waals surface area contributed by atoms with Crippen LogP contribution < -0.4 is 10.1 Å². The minimum atomic E-state index is 0. The van der Waals surface area contributed by atoms with E-state index in [-0.39, 0.29) is 30.6 Å². The van der Waals surface area contributed by atoms with Gasteiger partial charge in [0, 0.05) is 32.2 Å². The lowest BCUT2D eigenvalue weighted by molar-refractivity contribution is 0.163. The number of piperazine rings is 1. The van der Waals surface area contributed by atoms with Crippen molar-refractivity contribution in [2.75, 3.05) is 33.3 Å². The third-order valence-electron chi connectivity index (χ3n) is 4.08. The Balaban J connectivity index is 0.00000242. The highest BCUT2D eigenvalue weighted by atomic mass is 35.5. The van der Waals surface area contributed by atoms with Gasteiger partial charge in [0.2, 0.25) is 0 Å². The molecule has 0 amide bonds. The third kappa shape index (κ3) is 5.87. The molecule has 1 saturated heterocycles. The van der Waals surface area contributed by atoms with E-state index in [1.165, 1.54) is 12.8 Å². The quantitative estimate of drug-likeness (QED) is 0.776. The average Bonchev–Trinajstić information content (AvgIpc) is 2.52. The molecule has 1 atom stereocenters. The maximum absolute atomic E-state index is 9.91. The van der Waals surface area contributed by atoms with Crippen LogP contribution in [0.2, 0.25) is 5.02 Å². The van der Waals surface area contributed by atoms with Crippen molar-refractivity contribution in [3.05, 3.63) is 22.7 Å². The molecule has 0 unspecified atom stereocenters. The fourth-order valence-electron chi connectivity index (χ4n) is 2.89. The molecule has 1 aliphatic heterocycles. The highest BCUT2D eigenvalue weighted by Crippen LogP contribution is 2.39. The number of phenols is 1. The van der Waals surface area contributed by atoms with Crippen molar-refractivity contribution >= 4 is 36.4 Å². The molecule has 0 spiro atoms. The van der Waals surface area contributed by atoms with Crippen molar-refractivity contribution in [3.8, 4) is 11.5 Å². The second kappa shape index (κ2) is 11.2. The molecule has 7 heteroatoms. The van der Waals surface area contributed by atoms with E-state index in [0.29, 0.717) is 16.8 Å². The Hall–Kier alpha value is -0.390. The zero-order valence-corrected chi connectivity index (χ0v) is 16.1. The Kier molecular flexibility index (Phi) is 11.0. The predicted octanol–water partition coefficient (Wildman–Crippen LogP) is 4.03. The number of halogens is 3. The van der Waals surface area contributed by atoms with E-state index in [2.05, 4.69) is 17.1 Å². The highest BCUT2D eigenvalue weighted by Gasteiger charge is 2.23. The molecule has 0 saturated carbocycles. The van der Waals surface area contributed by atoms with Crippen molar-refractivity contribution in [3.63, 3.8) is 0 Å². The van der Waals surface area contributed by atoms with Crippen LogP contribution in [0.1, 0.15) is 37.8 Å². The summed E-state index contributed by atoms with van der Waals surface area (Å²) in [5, 5.41) is 13.7. The van der Waals surface area contributed by atoms with Gasteiger partial charge in [-0.2, -0.15) is 0 Å². The van der Waals surface area contributed by atoms with Crippen LogP contribution in [-0.2, 0) is 0 Å². The number of hydrogen-bond acceptors (Lipinski definition) is 4. The zero-order valence-electron chi connectivity index (χ0n) is 13.7. The number of methoxy groups -OCH3 is 1. The fourth-order valence-corrected chi connectivity index (χ4v) is 3.11. The van der Waals surface area contributed by atoms with Gasteiger partial charge >= 0.3 is 0 Å². The van der Waals surface area contributed by atoms with Crippen molar-refractivity contribution in [1.29, 1.82) is 0 Å². The Labute approximate surface area is 156 Å². The van der Waals surface area contributed by atoms with Gasteiger partial charge in [0.25, 0.3) is 0 Å². The van der Waals surface area contributed by atoms with E-state index in [1.54, 1.807) is 7.11 Å². The molecule has 0 bridgehead atoms. The van der Waals surface area contributed by atoms with E-state index in [4.69, 9.17) is 16.3 Å². The summed E-state index contributed by atoms with van der Waals surface area (Å²) in [6.45, 7) is 6.32. The van der Waals surface area contributed by atoms with Gasteiger partial charge < -0.3 is 15.2 Å². The predicted molar refractivity (Wildman–Crippen MR) is 101 cm³/mol. The first kappa shape index (κ1) is 22.6. The van der Waals surface area contributed by atoms with Crippen LogP contribution in [0.15, 0.2) is 12.1 Å². The van der Waals surface area contributed by atoms with Gasteiger partial charge in [-0.1, -0.05) is 31.4 Å².